The molecule has 0 radical (unpaired) electrons. The summed E-state index contributed by atoms with van der Waals surface area (Å²) < 4.78 is 3.56. The lowest BCUT2D eigenvalue weighted by Gasteiger charge is -2.12. The Morgan fingerprint density at radius 2 is 1.90 bits per heavy atom. The monoisotopic (exact) mass is 286 g/mol. The molecule has 21 heavy (non-hydrogen) atoms. The van der Waals surface area contributed by atoms with Crippen molar-refractivity contribution in [3.8, 4) is 0 Å². The van der Waals surface area contributed by atoms with E-state index in [0.29, 0.717) is 18.9 Å². The van der Waals surface area contributed by atoms with Crippen LogP contribution >= 0.6 is 0 Å². The van der Waals surface area contributed by atoms with Gasteiger partial charge in [0.25, 0.3) is 0 Å². The zero-order valence-corrected chi connectivity index (χ0v) is 12.4. The number of rotatable bonds is 4. The highest BCUT2D eigenvalue weighted by atomic mass is 16.3. The molecular formula is C14H18N6O. The largest absolute Gasteiger partial charge is 0.389 e. The predicted molar refractivity (Wildman–Crippen MR) is 77.8 cm³/mol. The summed E-state index contributed by atoms with van der Waals surface area (Å²) in [5.41, 5.74) is 4.42. The van der Waals surface area contributed by atoms with E-state index in [0.717, 1.165) is 11.0 Å². The molecule has 0 spiro atoms. The number of benzene rings is 1. The molecule has 0 saturated carbocycles. The van der Waals surface area contributed by atoms with Gasteiger partial charge < -0.3 is 9.67 Å². The smallest absolute Gasteiger partial charge is 0.148 e. The zero-order valence-electron chi connectivity index (χ0n) is 12.4. The van der Waals surface area contributed by atoms with Crippen LogP contribution in [0.2, 0.25) is 0 Å². The lowest BCUT2D eigenvalue weighted by atomic mass is 10.1. The number of aliphatic hydroxyl groups excluding tert-OH is 1. The molecule has 1 atom stereocenters. The van der Waals surface area contributed by atoms with Crippen molar-refractivity contribution in [2.75, 3.05) is 0 Å². The minimum Gasteiger partial charge on any atom is -0.389 e. The molecule has 0 aliphatic rings. The number of hydrogen-bond acceptors (Lipinski definition) is 5. The SMILES string of the molecule is Cc1cc2ncn(C[C@@H](O)Cn3nnnc3C)c2cc1C. The van der Waals surface area contributed by atoms with Crippen LogP contribution in [0.25, 0.3) is 11.0 Å². The highest BCUT2D eigenvalue weighted by molar-refractivity contribution is 5.77. The lowest BCUT2D eigenvalue weighted by molar-refractivity contribution is 0.129. The Hall–Kier alpha value is -2.28. The van der Waals surface area contributed by atoms with Gasteiger partial charge in [0.2, 0.25) is 0 Å². The van der Waals surface area contributed by atoms with E-state index in [9.17, 15) is 5.11 Å². The van der Waals surface area contributed by atoms with E-state index >= 15 is 0 Å². The highest BCUT2D eigenvalue weighted by Gasteiger charge is 2.12. The maximum absolute atomic E-state index is 10.2. The van der Waals surface area contributed by atoms with Crippen LogP contribution < -0.4 is 0 Å². The van der Waals surface area contributed by atoms with Crippen molar-refractivity contribution in [1.29, 1.82) is 0 Å². The molecule has 7 heteroatoms. The molecule has 110 valence electrons. The first-order chi connectivity index (χ1) is 10.0. The Bertz CT molecular complexity index is 775. The first-order valence-corrected chi connectivity index (χ1v) is 6.87. The van der Waals surface area contributed by atoms with E-state index in [1.165, 1.54) is 11.1 Å². The fourth-order valence-electron chi connectivity index (χ4n) is 2.36. The summed E-state index contributed by atoms with van der Waals surface area (Å²) >= 11 is 0. The van der Waals surface area contributed by atoms with Crippen molar-refractivity contribution in [1.82, 2.24) is 29.8 Å². The van der Waals surface area contributed by atoms with Crippen LogP contribution in [0, 0.1) is 20.8 Å². The molecule has 1 N–H and O–H groups in total. The first kappa shape index (κ1) is 13.7. The average Bonchev–Trinajstić information content (AvgIpc) is 2.99. The molecule has 0 fully saturated rings. The Kier molecular flexibility index (Phi) is 3.42. The van der Waals surface area contributed by atoms with Crippen molar-refractivity contribution < 1.29 is 5.11 Å². The van der Waals surface area contributed by atoms with E-state index < -0.39 is 6.10 Å². The molecule has 0 amide bonds. The van der Waals surface area contributed by atoms with Crippen molar-refractivity contribution in [2.24, 2.45) is 0 Å². The molecule has 0 unspecified atom stereocenters. The zero-order chi connectivity index (χ0) is 15.0. The molecule has 3 aromatic rings. The van der Waals surface area contributed by atoms with Gasteiger partial charge in [-0.25, -0.2) is 9.67 Å². The lowest BCUT2D eigenvalue weighted by Crippen LogP contribution is -2.23. The van der Waals surface area contributed by atoms with Crippen molar-refractivity contribution in [3.05, 3.63) is 35.4 Å². The van der Waals surface area contributed by atoms with Crippen molar-refractivity contribution >= 4 is 11.0 Å². The molecule has 0 bridgehead atoms. The van der Waals surface area contributed by atoms with Crippen LogP contribution in [0.1, 0.15) is 17.0 Å². The van der Waals surface area contributed by atoms with E-state index in [1.54, 1.807) is 11.0 Å². The maximum Gasteiger partial charge on any atom is 0.148 e. The molecule has 2 heterocycles. The highest BCUT2D eigenvalue weighted by Crippen LogP contribution is 2.18. The summed E-state index contributed by atoms with van der Waals surface area (Å²) in [7, 11) is 0. The molecule has 0 saturated heterocycles. The van der Waals surface area contributed by atoms with Crippen molar-refractivity contribution in [2.45, 2.75) is 40.0 Å². The van der Waals surface area contributed by atoms with E-state index in [-0.39, 0.29) is 0 Å². The second kappa shape index (κ2) is 5.25. The summed E-state index contributed by atoms with van der Waals surface area (Å²) in [5.74, 6) is 0.691. The minimum atomic E-state index is -0.578. The van der Waals surface area contributed by atoms with Crippen molar-refractivity contribution in [3.63, 3.8) is 0 Å². The Balaban J connectivity index is 1.81. The molecule has 3 rings (SSSR count). The van der Waals surface area contributed by atoms with Gasteiger partial charge in [-0.2, -0.15) is 0 Å². The topological polar surface area (TPSA) is 81.6 Å². The fraction of sp³-hybridized carbons (Fsp3) is 0.429. The maximum atomic E-state index is 10.2. The van der Waals surface area contributed by atoms with Crippen LogP contribution in [0.4, 0.5) is 0 Å². The van der Waals surface area contributed by atoms with Crippen LogP contribution in [0.3, 0.4) is 0 Å². The molecule has 1 aromatic carbocycles. The fourth-order valence-corrected chi connectivity index (χ4v) is 2.36. The number of aliphatic hydroxyl groups is 1. The Morgan fingerprint density at radius 3 is 2.62 bits per heavy atom. The summed E-state index contributed by atoms with van der Waals surface area (Å²) in [4.78, 5) is 4.39. The number of tetrazole rings is 1. The molecule has 7 nitrogen and oxygen atoms in total. The Labute approximate surface area is 122 Å². The van der Waals surface area contributed by atoms with Gasteiger partial charge in [0.05, 0.1) is 36.6 Å². The average molecular weight is 286 g/mol. The molecule has 0 aliphatic heterocycles. The number of fused-ring (bicyclic) bond motifs is 1. The second-order valence-electron chi connectivity index (χ2n) is 5.38. The van der Waals surface area contributed by atoms with Crippen LogP contribution in [0.15, 0.2) is 18.5 Å². The first-order valence-electron chi connectivity index (χ1n) is 6.87. The van der Waals surface area contributed by atoms with Gasteiger partial charge >= 0.3 is 0 Å². The van der Waals surface area contributed by atoms with Crippen LogP contribution in [-0.2, 0) is 13.1 Å². The number of aryl methyl sites for hydroxylation is 3. The second-order valence-corrected chi connectivity index (χ2v) is 5.38. The number of nitrogens with zero attached hydrogens (tertiary/aromatic N) is 6. The number of aromatic nitrogens is 6. The summed E-state index contributed by atoms with van der Waals surface area (Å²) in [5, 5.41) is 21.5. The van der Waals surface area contributed by atoms with E-state index in [4.69, 9.17) is 0 Å². The third-order valence-electron chi connectivity index (χ3n) is 3.74. The predicted octanol–water partition coefficient (Wildman–Crippen LogP) is 1.01. The molecular weight excluding hydrogens is 268 g/mol. The van der Waals surface area contributed by atoms with Gasteiger partial charge in [0.15, 0.2) is 0 Å². The third kappa shape index (κ3) is 2.64. The summed E-state index contributed by atoms with van der Waals surface area (Å²) in [6.45, 7) is 6.78. The van der Waals surface area contributed by atoms with E-state index in [2.05, 4.69) is 46.5 Å². The van der Waals surface area contributed by atoms with Gasteiger partial charge in [-0.15, -0.1) is 5.10 Å². The minimum absolute atomic E-state index is 0.364. The Morgan fingerprint density at radius 1 is 1.14 bits per heavy atom. The molecule has 2 aromatic heterocycles. The van der Waals surface area contributed by atoms with Crippen LogP contribution in [0.5, 0.6) is 0 Å². The number of imidazole rings is 1. The number of hydrogen-bond donors (Lipinski definition) is 1. The molecule has 0 aliphatic carbocycles. The van der Waals surface area contributed by atoms with Gasteiger partial charge in [0, 0.05) is 0 Å². The van der Waals surface area contributed by atoms with Gasteiger partial charge in [0.1, 0.15) is 5.82 Å². The van der Waals surface area contributed by atoms with Gasteiger partial charge in [-0.3, -0.25) is 0 Å². The van der Waals surface area contributed by atoms with Gasteiger partial charge in [-0.1, -0.05) is 0 Å². The van der Waals surface area contributed by atoms with Gasteiger partial charge in [-0.05, 0) is 54.5 Å². The third-order valence-corrected chi connectivity index (χ3v) is 3.74. The quantitative estimate of drug-likeness (QED) is 0.774. The van der Waals surface area contributed by atoms with E-state index in [1.807, 2.05) is 11.5 Å². The van der Waals surface area contributed by atoms with Crippen LogP contribution in [-0.4, -0.2) is 41.0 Å². The standard InChI is InChI=1S/C14H18N6O/c1-9-4-13-14(5-10(9)2)19(8-15-13)6-12(21)7-20-11(3)16-17-18-20/h4-5,8,12,21H,6-7H2,1-3H3/t12-/m1/s1. The summed E-state index contributed by atoms with van der Waals surface area (Å²) in [6.07, 6.45) is 1.19. The summed E-state index contributed by atoms with van der Waals surface area (Å²) in [6, 6.07) is 4.17. The normalized spacial score (nSPS) is 13.0.